The van der Waals surface area contributed by atoms with Gasteiger partial charge < -0.3 is 5.32 Å². The molecule has 0 radical (unpaired) electrons. The van der Waals surface area contributed by atoms with Gasteiger partial charge >= 0.3 is 0 Å². The van der Waals surface area contributed by atoms with E-state index < -0.39 is 0 Å². The van der Waals surface area contributed by atoms with Crippen molar-refractivity contribution >= 4 is 45.0 Å². The molecule has 1 atom stereocenters. The first-order valence-corrected chi connectivity index (χ1v) is 7.84. The molecule has 98 valence electrons. The first-order chi connectivity index (χ1) is 8.70. The summed E-state index contributed by atoms with van der Waals surface area (Å²) in [5.74, 6) is 1.60. The van der Waals surface area contributed by atoms with Gasteiger partial charge in [0.05, 0.1) is 5.84 Å². The number of halogens is 3. The van der Waals surface area contributed by atoms with Crippen molar-refractivity contribution in [1.82, 2.24) is 5.32 Å². The standard InChI is InChI=1S/C13H15BrCl2N2/c14-4-5-17-13-7-9(8-18-13)6-10-11(15)2-1-3-12(10)16/h1-3,9H,4-8H2,(H,17,18). The summed E-state index contributed by atoms with van der Waals surface area (Å²) in [5, 5.41) is 5.76. The number of alkyl halides is 1. The van der Waals surface area contributed by atoms with Crippen molar-refractivity contribution in [3.05, 3.63) is 33.8 Å². The SMILES string of the molecule is Clc1cccc(Cl)c1CC1CN=C(NCCBr)C1. The lowest BCUT2D eigenvalue weighted by molar-refractivity contribution is 0.588. The monoisotopic (exact) mass is 348 g/mol. The van der Waals surface area contributed by atoms with Crippen LogP contribution in [0.3, 0.4) is 0 Å². The fourth-order valence-corrected chi connectivity index (χ4v) is 2.86. The van der Waals surface area contributed by atoms with Gasteiger partial charge in [0.15, 0.2) is 0 Å². The molecular weight excluding hydrogens is 335 g/mol. The summed E-state index contributed by atoms with van der Waals surface area (Å²) in [7, 11) is 0. The van der Waals surface area contributed by atoms with E-state index in [2.05, 4.69) is 26.2 Å². The maximum atomic E-state index is 6.18. The van der Waals surface area contributed by atoms with E-state index >= 15 is 0 Å². The van der Waals surface area contributed by atoms with Crippen molar-refractivity contribution in [2.45, 2.75) is 12.8 Å². The molecule has 0 aromatic heterocycles. The van der Waals surface area contributed by atoms with Crippen molar-refractivity contribution in [2.75, 3.05) is 18.4 Å². The predicted octanol–water partition coefficient (Wildman–Crippen LogP) is 3.94. The van der Waals surface area contributed by atoms with E-state index in [0.717, 1.165) is 52.7 Å². The van der Waals surface area contributed by atoms with Gasteiger partial charge in [0.25, 0.3) is 0 Å². The molecular formula is C13H15BrCl2N2. The van der Waals surface area contributed by atoms with Crippen LogP contribution < -0.4 is 5.32 Å². The molecule has 1 unspecified atom stereocenters. The molecule has 1 aliphatic heterocycles. The van der Waals surface area contributed by atoms with Gasteiger partial charge in [0.2, 0.25) is 0 Å². The summed E-state index contributed by atoms with van der Waals surface area (Å²) in [6, 6.07) is 5.66. The number of amidine groups is 1. The van der Waals surface area contributed by atoms with Crippen LogP contribution in [0, 0.1) is 5.92 Å². The number of hydrogen-bond donors (Lipinski definition) is 1. The van der Waals surface area contributed by atoms with Gasteiger partial charge in [-0.2, -0.15) is 0 Å². The van der Waals surface area contributed by atoms with Crippen LogP contribution >= 0.6 is 39.1 Å². The van der Waals surface area contributed by atoms with Crippen molar-refractivity contribution < 1.29 is 0 Å². The quantitative estimate of drug-likeness (QED) is 0.818. The molecule has 1 N–H and O–H groups in total. The summed E-state index contributed by atoms with van der Waals surface area (Å²) in [4.78, 5) is 4.51. The van der Waals surface area contributed by atoms with Crippen molar-refractivity contribution in [2.24, 2.45) is 10.9 Å². The Bertz CT molecular complexity index is 428. The number of aliphatic imine (C=N–C) groups is 1. The zero-order valence-electron chi connectivity index (χ0n) is 9.93. The minimum Gasteiger partial charge on any atom is -0.373 e. The number of hydrogen-bond acceptors (Lipinski definition) is 2. The van der Waals surface area contributed by atoms with Crippen LogP contribution in [0.4, 0.5) is 0 Å². The topological polar surface area (TPSA) is 24.4 Å². The molecule has 0 bridgehead atoms. The predicted molar refractivity (Wildman–Crippen MR) is 82.4 cm³/mol. The second kappa shape index (κ2) is 6.78. The van der Waals surface area contributed by atoms with E-state index in [1.54, 1.807) is 0 Å². The fourth-order valence-electron chi connectivity index (χ4n) is 2.11. The van der Waals surface area contributed by atoms with E-state index in [4.69, 9.17) is 23.2 Å². The van der Waals surface area contributed by atoms with E-state index in [1.807, 2.05) is 18.2 Å². The van der Waals surface area contributed by atoms with E-state index in [1.165, 1.54) is 0 Å². The molecule has 0 fully saturated rings. The molecule has 18 heavy (non-hydrogen) atoms. The molecule has 0 saturated heterocycles. The van der Waals surface area contributed by atoms with Gasteiger partial charge in [-0.25, -0.2) is 0 Å². The Labute approximate surface area is 126 Å². The van der Waals surface area contributed by atoms with Gasteiger partial charge in [0.1, 0.15) is 0 Å². The second-order valence-corrected chi connectivity index (χ2v) is 5.99. The summed E-state index contributed by atoms with van der Waals surface area (Å²) in [6.45, 7) is 1.77. The largest absolute Gasteiger partial charge is 0.373 e. The molecule has 0 aliphatic carbocycles. The fraction of sp³-hybridized carbons (Fsp3) is 0.462. The van der Waals surface area contributed by atoms with Gasteiger partial charge in [-0.1, -0.05) is 45.2 Å². The Kier molecular flexibility index (Phi) is 5.34. The first-order valence-electron chi connectivity index (χ1n) is 5.96. The highest BCUT2D eigenvalue weighted by atomic mass is 79.9. The third-order valence-corrected chi connectivity index (χ3v) is 4.11. The summed E-state index contributed by atoms with van der Waals surface area (Å²) >= 11 is 15.8. The Morgan fingerprint density at radius 3 is 2.72 bits per heavy atom. The van der Waals surface area contributed by atoms with Crippen molar-refractivity contribution in [3.63, 3.8) is 0 Å². The highest BCUT2D eigenvalue weighted by molar-refractivity contribution is 9.09. The molecule has 5 heteroatoms. The maximum Gasteiger partial charge on any atom is 0.0967 e. The van der Waals surface area contributed by atoms with Crippen LogP contribution in [-0.2, 0) is 6.42 Å². The van der Waals surface area contributed by atoms with Crippen LogP contribution in [0.5, 0.6) is 0 Å². The van der Waals surface area contributed by atoms with Crippen LogP contribution in [0.25, 0.3) is 0 Å². The average molecular weight is 350 g/mol. The Morgan fingerprint density at radius 2 is 2.06 bits per heavy atom. The van der Waals surface area contributed by atoms with Gasteiger partial charge in [-0.3, -0.25) is 4.99 Å². The van der Waals surface area contributed by atoms with Crippen molar-refractivity contribution in [1.29, 1.82) is 0 Å². The Morgan fingerprint density at radius 1 is 1.33 bits per heavy atom. The minimum absolute atomic E-state index is 0.500. The highest BCUT2D eigenvalue weighted by Crippen LogP contribution is 2.29. The number of benzene rings is 1. The highest BCUT2D eigenvalue weighted by Gasteiger charge is 2.20. The summed E-state index contributed by atoms with van der Waals surface area (Å²) < 4.78 is 0. The Balaban J connectivity index is 1.93. The lowest BCUT2D eigenvalue weighted by atomic mass is 9.97. The third-order valence-electron chi connectivity index (χ3n) is 3.00. The number of rotatable bonds is 4. The molecule has 0 amide bonds. The van der Waals surface area contributed by atoms with E-state index in [-0.39, 0.29) is 0 Å². The Hall–Kier alpha value is -0.250. The normalized spacial score (nSPS) is 18.8. The smallest absolute Gasteiger partial charge is 0.0967 e. The van der Waals surface area contributed by atoms with Gasteiger partial charge in [-0.05, 0) is 30.0 Å². The lowest BCUT2D eigenvalue weighted by Crippen LogP contribution is -2.24. The molecule has 2 rings (SSSR count). The lowest BCUT2D eigenvalue weighted by Gasteiger charge is -2.12. The molecule has 1 aromatic carbocycles. The van der Waals surface area contributed by atoms with Crippen molar-refractivity contribution in [3.8, 4) is 0 Å². The van der Waals surface area contributed by atoms with Crippen LogP contribution in [0.15, 0.2) is 23.2 Å². The molecule has 0 saturated carbocycles. The van der Waals surface area contributed by atoms with E-state index in [9.17, 15) is 0 Å². The number of nitrogens with one attached hydrogen (secondary N) is 1. The molecule has 0 spiro atoms. The van der Waals surface area contributed by atoms with Gasteiger partial charge in [-0.15, -0.1) is 0 Å². The van der Waals surface area contributed by atoms with Crippen LogP contribution in [0.2, 0.25) is 10.0 Å². The molecule has 2 nitrogen and oxygen atoms in total. The van der Waals surface area contributed by atoms with E-state index in [0.29, 0.717) is 5.92 Å². The average Bonchev–Trinajstić information content (AvgIpc) is 2.79. The minimum atomic E-state index is 0.500. The molecule has 1 aliphatic rings. The van der Waals surface area contributed by atoms with Crippen LogP contribution in [0.1, 0.15) is 12.0 Å². The second-order valence-electron chi connectivity index (χ2n) is 4.38. The number of nitrogens with zero attached hydrogens (tertiary/aromatic N) is 1. The molecule has 1 heterocycles. The van der Waals surface area contributed by atoms with Gasteiger partial charge in [0, 0.05) is 34.9 Å². The van der Waals surface area contributed by atoms with Crippen LogP contribution in [-0.4, -0.2) is 24.3 Å². The third kappa shape index (κ3) is 3.62. The maximum absolute atomic E-state index is 6.18. The summed E-state index contributed by atoms with van der Waals surface area (Å²) in [5.41, 5.74) is 1.04. The first kappa shape index (κ1) is 14.2. The zero-order chi connectivity index (χ0) is 13.0. The molecule has 1 aromatic rings. The summed E-state index contributed by atoms with van der Waals surface area (Å²) in [6.07, 6.45) is 1.87. The zero-order valence-corrected chi connectivity index (χ0v) is 13.0.